The quantitative estimate of drug-likeness (QED) is 0.0985. The van der Waals surface area contributed by atoms with Gasteiger partial charge in [0.2, 0.25) is 0 Å². The molecule has 2 N–H and O–H groups in total. The molecule has 4 aromatic rings. The van der Waals surface area contributed by atoms with Crippen molar-refractivity contribution in [3.8, 4) is 17.2 Å². The lowest BCUT2D eigenvalue weighted by atomic mass is 9.94. The minimum atomic E-state index is -1.02. The summed E-state index contributed by atoms with van der Waals surface area (Å²) in [7, 11) is 4.54. The van der Waals surface area contributed by atoms with E-state index in [1.54, 1.807) is 25.3 Å². The number of aromatic amines is 1. The highest BCUT2D eigenvalue weighted by molar-refractivity contribution is 6.46. The number of amides is 1. The first-order valence-corrected chi connectivity index (χ1v) is 12.7. The van der Waals surface area contributed by atoms with Crippen molar-refractivity contribution in [3.05, 3.63) is 99.2 Å². The third-order valence-electron chi connectivity index (χ3n) is 7.22. The molecule has 1 aromatic heterocycles. The van der Waals surface area contributed by atoms with Gasteiger partial charge in [-0.05, 0) is 60.5 Å². The molecule has 1 aliphatic heterocycles. The fraction of sp³-hybridized carbons (Fsp3) is 0.200. The molecular formula is C30H27N3O8. The number of non-ortho nitro benzene ring substituents is 1. The largest absolute Gasteiger partial charge is 0.507 e. The van der Waals surface area contributed by atoms with Gasteiger partial charge in [-0.2, -0.15) is 0 Å². The van der Waals surface area contributed by atoms with Crippen molar-refractivity contribution in [2.75, 3.05) is 27.9 Å². The maximum Gasteiger partial charge on any atom is 0.295 e. The van der Waals surface area contributed by atoms with Gasteiger partial charge in [-0.25, -0.2) is 0 Å². The lowest BCUT2D eigenvalue weighted by Gasteiger charge is -2.27. The fourth-order valence-electron chi connectivity index (χ4n) is 5.12. The van der Waals surface area contributed by atoms with Crippen molar-refractivity contribution in [1.29, 1.82) is 0 Å². The van der Waals surface area contributed by atoms with Gasteiger partial charge < -0.3 is 29.2 Å². The number of aliphatic hydroxyl groups excluding tert-OH is 1. The molecule has 0 aliphatic carbocycles. The van der Waals surface area contributed by atoms with Crippen LogP contribution in [0.2, 0.25) is 0 Å². The molecule has 41 heavy (non-hydrogen) atoms. The van der Waals surface area contributed by atoms with Crippen molar-refractivity contribution in [2.45, 2.75) is 12.5 Å². The number of hydrogen-bond donors (Lipinski definition) is 2. The van der Waals surface area contributed by atoms with Gasteiger partial charge in [0.05, 0.1) is 37.9 Å². The summed E-state index contributed by atoms with van der Waals surface area (Å²) >= 11 is 0. The van der Waals surface area contributed by atoms with E-state index in [0.717, 1.165) is 16.5 Å². The summed E-state index contributed by atoms with van der Waals surface area (Å²) in [6, 6.07) is 14.7. The van der Waals surface area contributed by atoms with Crippen LogP contribution in [-0.4, -0.2) is 59.5 Å². The predicted molar refractivity (Wildman–Crippen MR) is 150 cm³/mol. The maximum absolute atomic E-state index is 13.5. The average molecular weight is 558 g/mol. The van der Waals surface area contributed by atoms with E-state index in [-0.39, 0.29) is 23.4 Å². The molecule has 11 heteroatoms. The number of rotatable bonds is 9. The Morgan fingerprint density at radius 3 is 2.32 bits per heavy atom. The van der Waals surface area contributed by atoms with Gasteiger partial charge in [-0.15, -0.1) is 0 Å². The second-order valence-corrected chi connectivity index (χ2v) is 9.38. The van der Waals surface area contributed by atoms with Crippen molar-refractivity contribution in [1.82, 2.24) is 9.88 Å². The highest BCUT2D eigenvalue weighted by atomic mass is 16.6. The standard InChI is InChI=1S/C30H27N3O8/c1-39-20-8-10-24-22(14-20)18(16-31-24)12-13-32-27(23-15-21(40-2)9-11-25(23)41-3)26(29(35)30(32)36)28(34)17-4-6-19(7-5-17)33(37)38/h4-11,14-16,27,31,34H,12-13H2,1-3H3/t27-/m1/s1. The maximum atomic E-state index is 13.5. The molecule has 1 fully saturated rings. The number of aromatic nitrogens is 1. The zero-order valence-corrected chi connectivity index (χ0v) is 22.5. The van der Waals surface area contributed by atoms with E-state index in [1.165, 1.54) is 43.4 Å². The molecule has 0 unspecified atom stereocenters. The topological polar surface area (TPSA) is 144 Å². The Kier molecular flexibility index (Phi) is 7.34. The van der Waals surface area contributed by atoms with Crippen LogP contribution < -0.4 is 14.2 Å². The number of aliphatic hydroxyl groups is 1. The number of Topliss-reactive ketones (excluding diaryl/α,β-unsaturated/α-hetero) is 1. The first kappa shape index (κ1) is 27.3. The zero-order valence-electron chi connectivity index (χ0n) is 22.5. The number of nitro benzene ring substituents is 1. The van der Waals surface area contributed by atoms with Crippen LogP contribution in [0.15, 0.2) is 72.4 Å². The van der Waals surface area contributed by atoms with Gasteiger partial charge >= 0.3 is 0 Å². The van der Waals surface area contributed by atoms with E-state index in [4.69, 9.17) is 14.2 Å². The molecule has 1 amide bonds. The first-order valence-electron chi connectivity index (χ1n) is 12.7. The Bertz CT molecular complexity index is 1690. The van der Waals surface area contributed by atoms with E-state index in [1.807, 2.05) is 24.4 Å². The molecule has 0 spiro atoms. The molecule has 5 rings (SSSR count). The minimum Gasteiger partial charge on any atom is -0.507 e. The number of likely N-dealkylation sites (tertiary alicyclic amines) is 1. The van der Waals surface area contributed by atoms with Crippen LogP contribution in [0.4, 0.5) is 5.69 Å². The van der Waals surface area contributed by atoms with E-state index >= 15 is 0 Å². The fourth-order valence-corrected chi connectivity index (χ4v) is 5.12. The van der Waals surface area contributed by atoms with E-state index in [2.05, 4.69) is 4.98 Å². The number of carbonyl (C=O) groups excluding carboxylic acids is 2. The van der Waals surface area contributed by atoms with Crippen molar-refractivity contribution >= 4 is 34.0 Å². The summed E-state index contributed by atoms with van der Waals surface area (Å²) in [5.74, 6) is -0.591. The smallest absolute Gasteiger partial charge is 0.295 e. The molecule has 1 atom stereocenters. The molecule has 2 heterocycles. The summed E-state index contributed by atoms with van der Waals surface area (Å²) in [4.78, 5) is 42.2. The van der Waals surface area contributed by atoms with Crippen molar-refractivity contribution in [2.24, 2.45) is 0 Å². The number of fused-ring (bicyclic) bond motifs is 1. The van der Waals surface area contributed by atoms with Gasteiger partial charge in [0.15, 0.2) is 0 Å². The monoisotopic (exact) mass is 557 g/mol. The Morgan fingerprint density at radius 1 is 0.976 bits per heavy atom. The number of nitro groups is 1. The van der Waals surface area contributed by atoms with Crippen LogP contribution in [0, 0.1) is 10.1 Å². The van der Waals surface area contributed by atoms with Crippen molar-refractivity contribution in [3.63, 3.8) is 0 Å². The van der Waals surface area contributed by atoms with Gasteiger partial charge in [0, 0.05) is 46.9 Å². The Labute approximate surface area is 234 Å². The van der Waals surface area contributed by atoms with Gasteiger partial charge in [-0.3, -0.25) is 19.7 Å². The normalized spacial score (nSPS) is 16.3. The summed E-state index contributed by atoms with van der Waals surface area (Å²) in [6.45, 7) is 0.136. The first-order chi connectivity index (χ1) is 19.8. The third kappa shape index (κ3) is 4.93. The third-order valence-corrected chi connectivity index (χ3v) is 7.22. The van der Waals surface area contributed by atoms with E-state index in [0.29, 0.717) is 29.2 Å². The van der Waals surface area contributed by atoms with Crippen LogP contribution in [-0.2, 0) is 16.0 Å². The molecule has 210 valence electrons. The number of methoxy groups -OCH3 is 3. The summed E-state index contributed by atoms with van der Waals surface area (Å²) in [5.41, 5.74) is 2.07. The Hall–Kier alpha value is -5.32. The number of hydrogen-bond acceptors (Lipinski definition) is 8. The highest BCUT2D eigenvalue weighted by Gasteiger charge is 2.47. The lowest BCUT2D eigenvalue weighted by molar-refractivity contribution is -0.384. The second kappa shape index (κ2) is 11.0. The van der Waals surface area contributed by atoms with Crippen LogP contribution in [0.1, 0.15) is 22.7 Å². The van der Waals surface area contributed by atoms with E-state index < -0.39 is 28.4 Å². The van der Waals surface area contributed by atoms with Crippen LogP contribution in [0.3, 0.4) is 0 Å². The van der Waals surface area contributed by atoms with Crippen LogP contribution >= 0.6 is 0 Å². The summed E-state index contributed by atoms with van der Waals surface area (Å²) in [6.07, 6.45) is 2.24. The van der Waals surface area contributed by atoms with Gasteiger partial charge in [0.25, 0.3) is 17.4 Å². The second-order valence-electron chi connectivity index (χ2n) is 9.38. The molecule has 11 nitrogen and oxygen atoms in total. The van der Waals surface area contributed by atoms with Gasteiger partial charge in [-0.1, -0.05) is 0 Å². The number of ether oxygens (including phenoxy) is 3. The van der Waals surface area contributed by atoms with Gasteiger partial charge in [0.1, 0.15) is 23.0 Å². The number of nitrogens with zero attached hydrogens (tertiary/aromatic N) is 2. The van der Waals surface area contributed by atoms with Crippen LogP contribution in [0.5, 0.6) is 17.2 Å². The average Bonchev–Trinajstić information content (AvgIpc) is 3.52. The number of ketones is 1. The van der Waals surface area contributed by atoms with Crippen LogP contribution in [0.25, 0.3) is 16.7 Å². The Balaban J connectivity index is 1.61. The lowest BCUT2D eigenvalue weighted by Crippen LogP contribution is -2.31. The molecule has 3 aromatic carbocycles. The predicted octanol–water partition coefficient (Wildman–Crippen LogP) is 4.77. The summed E-state index contributed by atoms with van der Waals surface area (Å²) in [5, 5.41) is 23.4. The number of nitrogens with one attached hydrogen (secondary N) is 1. The molecule has 0 radical (unpaired) electrons. The number of benzene rings is 3. The van der Waals surface area contributed by atoms with E-state index in [9.17, 15) is 24.8 Å². The molecule has 0 saturated carbocycles. The number of H-pyrrole nitrogens is 1. The summed E-state index contributed by atoms with van der Waals surface area (Å²) < 4.78 is 16.3. The molecule has 1 aliphatic rings. The number of carbonyl (C=O) groups is 2. The molecule has 1 saturated heterocycles. The minimum absolute atomic E-state index is 0.136. The van der Waals surface area contributed by atoms with Crippen molar-refractivity contribution < 1.29 is 33.8 Å². The Morgan fingerprint density at radius 2 is 1.66 bits per heavy atom. The molecular weight excluding hydrogens is 530 g/mol. The highest BCUT2D eigenvalue weighted by Crippen LogP contribution is 2.44. The molecule has 0 bridgehead atoms. The zero-order chi connectivity index (χ0) is 29.3. The SMILES string of the molecule is COc1ccc(OC)c([C@@H]2C(=C(O)c3ccc([N+](=O)[O-])cc3)C(=O)C(=O)N2CCc2c[nH]c3ccc(OC)cc23)c1.